The quantitative estimate of drug-likeness (QED) is 0.822. The van der Waals surface area contributed by atoms with Crippen molar-refractivity contribution in [3.63, 3.8) is 0 Å². The number of carbonyl (C=O) groups excluding carboxylic acids is 1. The van der Waals surface area contributed by atoms with E-state index in [0.29, 0.717) is 24.2 Å². The second-order valence-electron chi connectivity index (χ2n) is 8.96. The molecule has 3 fully saturated rings. The van der Waals surface area contributed by atoms with Gasteiger partial charge in [0.2, 0.25) is 0 Å². The Morgan fingerprint density at radius 2 is 2.20 bits per heavy atom. The summed E-state index contributed by atoms with van der Waals surface area (Å²) in [4.78, 5) is 21.8. The zero-order valence-corrected chi connectivity index (χ0v) is 17.3. The van der Waals surface area contributed by atoms with E-state index in [1.807, 2.05) is 36.1 Å². The van der Waals surface area contributed by atoms with Gasteiger partial charge in [-0.2, -0.15) is 5.26 Å². The molecule has 1 N–H and O–H groups in total. The average molecular weight is 406 g/mol. The van der Waals surface area contributed by atoms with Crippen molar-refractivity contribution >= 4 is 22.5 Å². The van der Waals surface area contributed by atoms with Gasteiger partial charge >= 0.3 is 0 Å². The van der Waals surface area contributed by atoms with Gasteiger partial charge in [0.05, 0.1) is 23.7 Å². The third-order valence-electron chi connectivity index (χ3n) is 6.67. The molecule has 1 aromatic carbocycles. The van der Waals surface area contributed by atoms with Crippen molar-refractivity contribution in [3.8, 4) is 6.07 Å². The molecule has 0 saturated carbocycles. The normalized spacial score (nSPS) is 25.7. The maximum absolute atomic E-state index is 13.2. The summed E-state index contributed by atoms with van der Waals surface area (Å²) in [5.74, 6) is 0.0961. The molecule has 2 atom stereocenters. The van der Waals surface area contributed by atoms with Crippen molar-refractivity contribution in [1.29, 1.82) is 5.26 Å². The van der Waals surface area contributed by atoms with Crippen molar-refractivity contribution in [3.05, 3.63) is 36.0 Å². The van der Waals surface area contributed by atoms with Crippen LogP contribution in [0.25, 0.3) is 10.9 Å². The first kappa shape index (κ1) is 19.3. The molecule has 4 heterocycles. The summed E-state index contributed by atoms with van der Waals surface area (Å²) >= 11 is 0. The van der Waals surface area contributed by atoms with Crippen LogP contribution in [0.1, 0.15) is 25.3 Å². The molecule has 3 saturated heterocycles. The lowest BCUT2D eigenvalue weighted by Crippen LogP contribution is -2.66. The summed E-state index contributed by atoms with van der Waals surface area (Å²) < 4.78 is 6.07. The maximum atomic E-state index is 13.2. The topological polar surface area (TPSA) is 81.5 Å². The Hall–Kier alpha value is -2.69. The number of rotatable bonds is 2. The van der Waals surface area contributed by atoms with E-state index < -0.39 is 6.10 Å². The van der Waals surface area contributed by atoms with Crippen LogP contribution in [0.5, 0.6) is 0 Å². The number of likely N-dealkylation sites (tertiary alicyclic amines) is 1. The van der Waals surface area contributed by atoms with Gasteiger partial charge < -0.3 is 19.9 Å². The Kier molecular flexibility index (Phi) is 4.84. The highest BCUT2D eigenvalue weighted by atomic mass is 16.5. The number of fused-ring (bicyclic) bond motifs is 1. The van der Waals surface area contributed by atoms with Gasteiger partial charge in [0, 0.05) is 48.9 Å². The fourth-order valence-electron chi connectivity index (χ4n) is 5.23. The lowest BCUT2D eigenvalue weighted by molar-refractivity contribution is -0.161. The van der Waals surface area contributed by atoms with Gasteiger partial charge in [0.1, 0.15) is 6.07 Å². The number of hydrogen-bond donors (Lipinski definition) is 1. The predicted octanol–water partition coefficient (Wildman–Crippen LogP) is 1.91. The lowest BCUT2D eigenvalue weighted by atomic mass is 9.74. The summed E-state index contributed by atoms with van der Waals surface area (Å²) in [6, 6.07) is 9.88. The van der Waals surface area contributed by atoms with Crippen LogP contribution in [0.4, 0.5) is 5.69 Å². The molecule has 2 aromatic rings. The van der Waals surface area contributed by atoms with Crippen molar-refractivity contribution in [2.45, 2.75) is 32.0 Å². The molecule has 3 aliphatic heterocycles. The molecule has 156 valence electrons. The van der Waals surface area contributed by atoms with Gasteiger partial charge in [-0.15, -0.1) is 0 Å². The number of benzene rings is 1. The third-order valence-corrected chi connectivity index (χ3v) is 6.67. The Morgan fingerprint density at radius 1 is 1.33 bits per heavy atom. The number of morpholine rings is 1. The highest BCUT2D eigenvalue weighted by Crippen LogP contribution is 2.37. The number of ether oxygens (including phenoxy) is 1. The van der Waals surface area contributed by atoms with Crippen LogP contribution in [-0.4, -0.2) is 67.3 Å². The Morgan fingerprint density at radius 3 is 2.97 bits per heavy atom. The second kappa shape index (κ2) is 7.53. The number of nitrogens with zero attached hydrogens (tertiary/aromatic N) is 4. The molecule has 0 unspecified atom stereocenters. The van der Waals surface area contributed by atoms with Gasteiger partial charge in [-0.1, -0.05) is 0 Å². The van der Waals surface area contributed by atoms with Gasteiger partial charge in [-0.3, -0.25) is 9.78 Å². The molecule has 7 heteroatoms. The first-order chi connectivity index (χ1) is 14.6. The Bertz CT molecular complexity index is 1000. The summed E-state index contributed by atoms with van der Waals surface area (Å²) in [5.41, 5.74) is 2.54. The monoisotopic (exact) mass is 405 g/mol. The number of aromatic nitrogens is 1. The SMILES string of the molecule is C[C@@H]1CN(c2ccc(C#N)c3ncccc23)C[C@H](C(=O)N2CC3(CCCNC3)C2)O1. The highest BCUT2D eigenvalue weighted by molar-refractivity contribution is 5.95. The van der Waals surface area contributed by atoms with E-state index in [1.165, 1.54) is 12.8 Å². The smallest absolute Gasteiger partial charge is 0.253 e. The van der Waals surface area contributed by atoms with Gasteiger partial charge in [0.15, 0.2) is 6.10 Å². The number of anilines is 1. The molecule has 1 amide bonds. The standard InChI is InChI=1S/C23H27N5O2/c1-16-11-27(19-6-5-17(10-24)21-18(19)4-2-9-26-21)12-20(30-16)22(29)28-14-23(15-28)7-3-8-25-13-23/h2,4-6,9,16,20,25H,3,7-8,11-15H2,1H3/t16-,20-/m1/s1. The van der Waals surface area contributed by atoms with E-state index in [-0.39, 0.29) is 17.4 Å². The van der Waals surface area contributed by atoms with Gasteiger partial charge in [0.25, 0.3) is 5.91 Å². The van der Waals surface area contributed by atoms with Gasteiger partial charge in [-0.25, -0.2) is 0 Å². The minimum atomic E-state index is -0.468. The molecule has 3 aliphatic rings. The van der Waals surface area contributed by atoms with Crippen molar-refractivity contribution in [1.82, 2.24) is 15.2 Å². The Balaban J connectivity index is 1.35. The van der Waals surface area contributed by atoms with Crippen LogP contribution in [0.2, 0.25) is 0 Å². The summed E-state index contributed by atoms with van der Waals surface area (Å²) in [5, 5.41) is 13.8. The summed E-state index contributed by atoms with van der Waals surface area (Å²) in [7, 11) is 0. The number of amides is 1. The van der Waals surface area contributed by atoms with E-state index in [0.717, 1.165) is 37.3 Å². The summed E-state index contributed by atoms with van der Waals surface area (Å²) in [6.45, 7) is 6.98. The van der Waals surface area contributed by atoms with Gasteiger partial charge in [-0.05, 0) is 50.6 Å². The number of nitrogens with one attached hydrogen (secondary N) is 1. The number of pyridine rings is 1. The molecular formula is C23H27N5O2. The lowest BCUT2D eigenvalue weighted by Gasteiger charge is -2.53. The van der Waals surface area contributed by atoms with E-state index >= 15 is 0 Å². The van der Waals surface area contributed by atoms with E-state index in [9.17, 15) is 10.1 Å². The Labute approximate surface area is 176 Å². The number of hydrogen-bond acceptors (Lipinski definition) is 6. The van der Waals surface area contributed by atoms with Crippen LogP contribution in [0.3, 0.4) is 0 Å². The van der Waals surface area contributed by atoms with Crippen LogP contribution in [0, 0.1) is 16.7 Å². The molecule has 0 aliphatic carbocycles. The zero-order chi connectivity index (χ0) is 20.7. The fraction of sp³-hybridized carbons (Fsp3) is 0.522. The van der Waals surface area contributed by atoms with Crippen LogP contribution < -0.4 is 10.2 Å². The average Bonchev–Trinajstić information content (AvgIpc) is 2.76. The predicted molar refractivity (Wildman–Crippen MR) is 114 cm³/mol. The second-order valence-corrected chi connectivity index (χ2v) is 8.96. The summed E-state index contributed by atoms with van der Waals surface area (Å²) in [6.07, 6.45) is 3.57. The molecule has 1 spiro atoms. The first-order valence-corrected chi connectivity index (χ1v) is 10.8. The molecule has 1 aromatic heterocycles. The van der Waals surface area contributed by atoms with E-state index in [4.69, 9.17) is 4.74 Å². The molecule has 0 bridgehead atoms. The largest absolute Gasteiger partial charge is 0.365 e. The minimum Gasteiger partial charge on any atom is -0.365 e. The number of carbonyl (C=O) groups is 1. The van der Waals surface area contributed by atoms with Crippen LogP contribution >= 0.6 is 0 Å². The van der Waals surface area contributed by atoms with Crippen LogP contribution in [-0.2, 0) is 9.53 Å². The van der Waals surface area contributed by atoms with Crippen molar-refractivity contribution in [2.24, 2.45) is 5.41 Å². The third kappa shape index (κ3) is 3.30. The molecular weight excluding hydrogens is 378 g/mol. The molecule has 30 heavy (non-hydrogen) atoms. The zero-order valence-electron chi connectivity index (χ0n) is 17.3. The molecule has 7 nitrogen and oxygen atoms in total. The number of nitriles is 1. The minimum absolute atomic E-state index is 0.0540. The van der Waals surface area contributed by atoms with Crippen LogP contribution in [0.15, 0.2) is 30.5 Å². The first-order valence-electron chi connectivity index (χ1n) is 10.8. The highest BCUT2D eigenvalue weighted by Gasteiger charge is 2.47. The number of piperidine rings is 1. The van der Waals surface area contributed by atoms with E-state index in [2.05, 4.69) is 21.3 Å². The molecule has 5 rings (SSSR count). The fourth-order valence-corrected chi connectivity index (χ4v) is 5.23. The van der Waals surface area contributed by atoms with Crippen molar-refractivity contribution < 1.29 is 9.53 Å². The van der Waals surface area contributed by atoms with E-state index in [1.54, 1.807) is 6.20 Å². The van der Waals surface area contributed by atoms with Crippen molar-refractivity contribution in [2.75, 3.05) is 44.2 Å². The maximum Gasteiger partial charge on any atom is 0.253 e. The molecule has 0 radical (unpaired) electrons.